The van der Waals surface area contributed by atoms with Crippen LogP contribution in [0.3, 0.4) is 0 Å². The molecule has 1 unspecified atom stereocenters. The average molecular weight is 295 g/mol. The van der Waals surface area contributed by atoms with Gasteiger partial charge in [-0.2, -0.15) is 0 Å². The minimum Gasteiger partial charge on any atom is -0.461 e. The van der Waals surface area contributed by atoms with E-state index in [4.69, 9.17) is 16.3 Å². The van der Waals surface area contributed by atoms with Crippen molar-refractivity contribution in [3.8, 4) is 0 Å². The third kappa shape index (κ3) is 8.00. The molecule has 0 heterocycles. The fraction of sp³-hybridized carbons (Fsp3) is 0.471. The van der Waals surface area contributed by atoms with Gasteiger partial charge in [0.25, 0.3) is 0 Å². The van der Waals surface area contributed by atoms with Gasteiger partial charge in [0, 0.05) is 6.08 Å². The highest BCUT2D eigenvalue weighted by atomic mass is 35.5. The molecule has 20 heavy (non-hydrogen) atoms. The molecule has 0 aliphatic rings. The standard InChI is InChI=1S/C17H23ClO2/c1-2-3-4-8-11-16(18)14-20-17(19)13-12-15-9-6-5-7-10-15/h5-7,9-10,12-13,16H,2-4,8,11,14H2,1H3. The van der Waals surface area contributed by atoms with Crippen LogP contribution in [0.25, 0.3) is 6.08 Å². The minimum atomic E-state index is -0.340. The fourth-order valence-corrected chi connectivity index (χ4v) is 2.04. The average Bonchev–Trinajstić information content (AvgIpc) is 2.48. The molecule has 0 saturated carbocycles. The van der Waals surface area contributed by atoms with Gasteiger partial charge in [-0.3, -0.25) is 0 Å². The first-order valence-corrected chi connectivity index (χ1v) is 7.70. The van der Waals surface area contributed by atoms with Crippen molar-refractivity contribution in [1.29, 1.82) is 0 Å². The summed E-state index contributed by atoms with van der Waals surface area (Å²) in [6.07, 6.45) is 8.83. The minimum absolute atomic E-state index is 0.0825. The van der Waals surface area contributed by atoms with E-state index in [0.29, 0.717) is 0 Å². The molecule has 3 heteroatoms. The summed E-state index contributed by atoms with van der Waals surface area (Å²) in [6, 6.07) is 9.65. The van der Waals surface area contributed by atoms with Crippen molar-refractivity contribution in [2.24, 2.45) is 0 Å². The lowest BCUT2D eigenvalue weighted by Gasteiger charge is -2.08. The molecule has 1 rings (SSSR count). The van der Waals surface area contributed by atoms with Crippen LogP contribution in [-0.4, -0.2) is 18.0 Å². The highest BCUT2D eigenvalue weighted by Gasteiger charge is 2.07. The molecule has 0 N–H and O–H groups in total. The van der Waals surface area contributed by atoms with E-state index in [-0.39, 0.29) is 18.0 Å². The van der Waals surface area contributed by atoms with Crippen molar-refractivity contribution in [2.45, 2.75) is 44.4 Å². The smallest absolute Gasteiger partial charge is 0.330 e. The van der Waals surface area contributed by atoms with Gasteiger partial charge in [-0.15, -0.1) is 11.6 Å². The second kappa shape index (κ2) is 10.5. The van der Waals surface area contributed by atoms with Gasteiger partial charge in [0.05, 0.1) is 5.38 Å². The first-order valence-electron chi connectivity index (χ1n) is 7.26. The van der Waals surface area contributed by atoms with E-state index in [1.54, 1.807) is 6.08 Å². The number of rotatable bonds is 9. The Morgan fingerprint density at radius 1 is 1.25 bits per heavy atom. The molecule has 0 bridgehead atoms. The van der Waals surface area contributed by atoms with Crippen LogP contribution < -0.4 is 0 Å². The molecule has 0 spiro atoms. The number of unbranched alkanes of at least 4 members (excludes halogenated alkanes) is 3. The lowest BCUT2D eigenvalue weighted by atomic mass is 10.1. The predicted molar refractivity (Wildman–Crippen MR) is 84.8 cm³/mol. The molecule has 110 valence electrons. The van der Waals surface area contributed by atoms with Crippen molar-refractivity contribution < 1.29 is 9.53 Å². The number of carbonyl (C=O) groups is 1. The zero-order chi connectivity index (χ0) is 14.6. The maximum absolute atomic E-state index is 11.5. The van der Waals surface area contributed by atoms with Crippen LogP contribution in [0.4, 0.5) is 0 Å². The van der Waals surface area contributed by atoms with Crippen LogP contribution >= 0.6 is 11.6 Å². The van der Waals surface area contributed by atoms with Crippen LogP contribution in [0.2, 0.25) is 0 Å². The first kappa shape index (κ1) is 16.8. The molecule has 2 nitrogen and oxygen atoms in total. The van der Waals surface area contributed by atoms with Gasteiger partial charge in [-0.25, -0.2) is 4.79 Å². The van der Waals surface area contributed by atoms with Crippen molar-refractivity contribution in [3.05, 3.63) is 42.0 Å². The third-order valence-corrected chi connectivity index (χ3v) is 3.33. The Labute approximate surface area is 126 Å². The van der Waals surface area contributed by atoms with Gasteiger partial charge >= 0.3 is 5.97 Å². The second-order valence-corrected chi connectivity index (χ2v) is 5.44. The summed E-state index contributed by atoms with van der Waals surface area (Å²) >= 11 is 6.12. The number of esters is 1. The van der Waals surface area contributed by atoms with Crippen molar-refractivity contribution in [1.82, 2.24) is 0 Å². The van der Waals surface area contributed by atoms with Crippen LogP contribution in [0.1, 0.15) is 44.6 Å². The van der Waals surface area contributed by atoms with Crippen LogP contribution in [0.15, 0.2) is 36.4 Å². The molecule has 1 atom stereocenters. The Morgan fingerprint density at radius 2 is 2.00 bits per heavy atom. The van der Waals surface area contributed by atoms with E-state index in [2.05, 4.69) is 6.92 Å². The largest absolute Gasteiger partial charge is 0.461 e. The van der Waals surface area contributed by atoms with Gasteiger partial charge in [0.15, 0.2) is 0 Å². The SMILES string of the molecule is CCCCCCC(Cl)COC(=O)C=Cc1ccccc1. The van der Waals surface area contributed by atoms with E-state index in [9.17, 15) is 4.79 Å². The highest BCUT2D eigenvalue weighted by Crippen LogP contribution is 2.11. The number of ether oxygens (including phenoxy) is 1. The topological polar surface area (TPSA) is 26.3 Å². The van der Waals surface area contributed by atoms with Crippen LogP contribution in [-0.2, 0) is 9.53 Å². The normalized spacial score (nSPS) is 12.5. The number of hydrogen-bond donors (Lipinski definition) is 0. The molecule has 1 aromatic carbocycles. The van der Waals surface area contributed by atoms with E-state index in [1.165, 1.54) is 25.3 Å². The summed E-state index contributed by atoms with van der Waals surface area (Å²) < 4.78 is 5.12. The number of benzene rings is 1. The number of carbonyl (C=O) groups excluding carboxylic acids is 1. The Balaban J connectivity index is 2.17. The molecule has 0 amide bonds. The van der Waals surface area contributed by atoms with Crippen molar-refractivity contribution >= 4 is 23.6 Å². The molecule has 0 radical (unpaired) electrons. The van der Waals surface area contributed by atoms with E-state index in [1.807, 2.05) is 30.3 Å². The summed E-state index contributed by atoms with van der Waals surface area (Å²) in [4.78, 5) is 11.5. The Bertz CT molecular complexity index is 401. The molecule has 1 aromatic rings. The summed E-state index contributed by atoms with van der Waals surface area (Å²) in [7, 11) is 0. The van der Waals surface area contributed by atoms with Gasteiger partial charge in [0.1, 0.15) is 6.61 Å². The van der Waals surface area contributed by atoms with Gasteiger partial charge in [-0.1, -0.05) is 62.9 Å². The molecular weight excluding hydrogens is 272 g/mol. The molecular formula is C17H23ClO2. The van der Waals surface area contributed by atoms with Gasteiger partial charge in [0.2, 0.25) is 0 Å². The maximum atomic E-state index is 11.5. The molecule has 0 fully saturated rings. The Kier molecular flexibility index (Phi) is 8.81. The Morgan fingerprint density at radius 3 is 2.70 bits per heavy atom. The van der Waals surface area contributed by atoms with E-state index < -0.39 is 0 Å². The Hall–Kier alpha value is -1.28. The van der Waals surface area contributed by atoms with E-state index >= 15 is 0 Å². The van der Waals surface area contributed by atoms with E-state index in [0.717, 1.165) is 18.4 Å². The zero-order valence-corrected chi connectivity index (χ0v) is 12.8. The predicted octanol–water partition coefficient (Wildman–Crippen LogP) is 4.82. The summed E-state index contributed by atoms with van der Waals surface area (Å²) in [6.45, 7) is 2.46. The van der Waals surface area contributed by atoms with Crippen molar-refractivity contribution in [2.75, 3.05) is 6.61 Å². The maximum Gasteiger partial charge on any atom is 0.330 e. The van der Waals surface area contributed by atoms with Gasteiger partial charge < -0.3 is 4.74 Å². The van der Waals surface area contributed by atoms with Crippen LogP contribution in [0, 0.1) is 0 Å². The summed E-state index contributed by atoms with van der Waals surface area (Å²) in [5.74, 6) is -0.340. The monoisotopic (exact) mass is 294 g/mol. The lowest BCUT2D eigenvalue weighted by molar-refractivity contribution is -0.137. The van der Waals surface area contributed by atoms with Crippen LogP contribution in [0.5, 0.6) is 0 Å². The first-order chi connectivity index (χ1) is 9.72. The molecule has 0 aromatic heterocycles. The number of hydrogen-bond acceptors (Lipinski definition) is 2. The molecule has 0 aliphatic heterocycles. The van der Waals surface area contributed by atoms with Crippen molar-refractivity contribution in [3.63, 3.8) is 0 Å². The molecule has 0 saturated heterocycles. The fourth-order valence-electron chi connectivity index (χ4n) is 1.83. The van der Waals surface area contributed by atoms with Gasteiger partial charge in [-0.05, 0) is 18.1 Å². The summed E-state index contributed by atoms with van der Waals surface area (Å²) in [5.41, 5.74) is 0.978. The quantitative estimate of drug-likeness (QED) is 0.282. The number of halogens is 1. The highest BCUT2D eigenvalue weighted by molar-refractivity contribution is 6.20. The second-order valence-electron chi connectivity index (χ2n) is 4.82. The lowest BCUT2D eigenvalue weighted by Crippen LogP contribution is -2.12. The molecule has 0 aliphatic carbocycles. The third-order valence-electron chi connectivity index (χ3n) is 2.99. The number of alkyl halides is 1. The zero-order valence-electron chi connectivity index (χ0n) is 12.1. The summed E-state index contributed by atoms with van der Waals surface area (Å²) in [5, 5.41) is -0.0825.